The van der Waals surface area contributed by atoms with E-state index in [-0.39, 0.29) is 18.3 Å². The molecule has 0 aliphatic carbocycles. The fourth-order valence-electron chi connectivity index (χ4n) is 3.16. The Morgan fingerprint density at radius 3 is 2.46 bits per heavy atom. The minimum absolute atomic E-state index is 0.156. The molecule has 6 heteroatoms. The van der Waals surface area contributed by atoms with Crippen LogP contribution in [0.25, 0.3) is 5.69 Å². The standard InChI is InChI=1S/C22H25FN4O/c1-15-9-11-19(12-10-15)27-17(3)22(16(2)25-27)24-21(28)14-26(4)13-18-7-5-6-8-20(18)23/h5-12H,13-14H2,1-4H3,(H,24,28). The number of hydrogen-bond donors (Lipinski definition) is 1. The smallest absolute Gasteiger partial charge is 0.238 e. The number of nitrogens with one attached hydrogen (secondary N) is 1. The van der Waals surface area contributed by atoms with Gasteiger partial charge in [0.1, 0.15) is 5.82 Å². The van der Waals surface area contributed by atoms with E-state index in [0.717, 1.165) is 17.1 Å². The van der Waals surface area contributed by atoms with Crippen molar-refractivity contribution in [2.75, 3.05) is 18.9 Å². The number of aryl methyl sites for hydroxylation is 2. The molecule has 146 valence electrons. The van der Waals surface area contributed by atoms with Gasteiger partial charge in [-0.25, -0.2) is 9.07 Å². The molecule has 2 aromatic carbocycles. The molecule has 5 nitrogen and oxygen atoms in total. The lowest BCUT2D eigenvalue weighted by atomic mass is 10.2. The highest BCUT2D eigenvalue weighted by Crippen LogP contribution is 2.23. The van der Waals surface area contributed by atoms with Gasteiger partial charge in [-0.1, -0.05) is 35.9 Å². The first-order chi connectivity index (χ1) is 13.3. The number of anilines is 1. The van der Waals surface area contributed by atoms with Gasteiger partial charge in [0.2, 0.25) is 5.91 Å². The molecule has 28 heavy (non-hydrogen) atoms. The number of hydrogen-bond acceptors (Lipinski definition) is 3. The van der Waals surface area contributed by atoms with Crippen LogP contribution in [0, 0.1) is 26.6 Å². The third-order valence-corrected chi connectivity index (χ3v) is 4.65. The van der Waals surface area contributed by atoms with Crippen LogP contribution in [0.2, 0.25) is 0 Å². The quantitative estimate of drug-likeness (QED) is 0.703. The SMILES string of the molecule is Cc1ccc(-n2nc(C)c(NC(=O)CN(C)Cc3ccccc3F)c2C)cc1. The molecule has 0 atom stereocenters. The van der Waals surface area contributed by atoms with Crippen LogP contribution in [0.3, 0.4) is 0 Å². The number of carbonyl (C=O) groups excluding carboxylic acids is 1. The Balaban J connectivity index is 1.68. The molecule has 1 N–H and O–H groups in total. The van der Waals surface area contributed by atoms with Gasteiger partial charge in [-0.2, -0.15) is 5.10 Å². The second-order valence-electron chi connectivity index (χ2n) is 7.11. The fourth-order valence-corrected chi connectivity index (χ4v) is 3.16. The molecule has 3 rings (SSSR count). The van der Waals surface area contributed by atoms with E-state index in [0.29, 0.717) is 17.8 Å². The lowest BCUT2D eigenvalue weighted by Gasteiger charge is -2.17. The number of benzene rings is 2. The van der Waals surface area contributed by atoms with Crippen molar-refractivity contribution < 1.29 is 9.18 Å². The zero-order valence-corrected chi connectivity index (χ0v) is 16.7. The lowest BCUT2D eigenvalue weighted by Crippen LogP contribution is -2.30. The zero-order valence-electron chi connectivity index (χ0n) is 16.7. The van der Waals surface area contributed by atoms with Gasteiger partial charge in [-0.15, -0.1) is 0 Å². The first-order valence-corrected chi connectivity index (χ1v) is 9.20. The molecular formula is C22H25FN4O. The molecule has 1 amide bonds. The van der Waals surface area contributed by atoms with Gasteiger partial charge in [0.05, 0.1) is 29.3 Å². The van der Waals surface area contributed by atoms with Crippen molar-refractivity contribution in [3.05, 3.63) is 76.9 Å². The van der Waals surface area contributed by atoms with Crippen LogP contribution in [0.15, 0.2) is 48.5 Å². The van der Waals surface area contributed by atoms with E-state index in [9.17, 15) is 9.18 Å². The van der Waals surface area contributed by atoms with Gasteiger partial charge in [0, 0.05) is 12.1 Å². The first kappa shape index (κ1) is 19.8. The number of nitrogens with zero attached hydrogens (tertiary/aromatic N) is 3. The van der Waals surface area contributed by atoms with Gasteiger partial charge < -0.3 is 5.32 Å². The van der Waals surface area contributed by atoms with Crippen molar-refractivity contribution in [3.8, 4) is 5.69 Å². The Kier molecular flexibility index (Phi) is 5.90. The average Bonchev–Trinajstić information content (AvgIpc) is 2.92. The van der Waals surface area contributed by atoms with Crippen LogP contribution >= 0.6 is 0 Å². The number of amides is 1. The highest BCUT2D eigenvalue weighted by Gasteiger charge is 2.16. The second kappa shape index (κ2) is 8.35. The van der Waals surface area contributed by atoms with Gasteiger partial charge in [0.25, 0.3) is 0 Å². The van der Waals surface area contributed by atoms with Crippen LogP contribution in [0.4, 0.5) is 10.1 Å². The zero-order chi connectivity index (χ0) is 20.3. The highest BCUT2D eigenvalue weighted by atomic mass is 19.1. The maximum atomic E-state index is 13.8. The molecule has 0 bridgehead atoms. The minimum atomic E-state index is -0.263. The predicted molar refractivity (Wildman–Crippen MR) is 109 cm³/mol. The van der Waals surface area contributed by atoms with Crippen molar-refractivity contribution in [1.82, 2.24) is 14.7 Å². The second-order valence-corrected chi connectivity index (χ2v) is 7.11. The largest absolute Gasteiger partial charge is 0.322 e. The van der Waals surface area contributed by atoms with E-state index < -0.39 is 0 Å². The molecule has 0 saturated carbocycles. The Bertz CT molecular complexity index is 979. The monoisotopic (exact) mass is 380 g/mol. The number of aromatic nitrogens is 2. The van der Waals surface area contributed by atoms with E-state index in [4.69, 9.17) is 0 Å². The highest BCUT2D eigenvalue weighted by molar-refractivity contribution is 5.93. The van der Waals surface area contributed by atoms with E-state index in [1.165, 1.54) is 11.6 Å². The van der Waals surface area contributed by atoms with E-state index in [2.05, 4.69) is 10.4 Å². The summed E-state index contributed by atoms with van der Waals surface area (Å²) in [6.07, 6.45) is 0. The Hall–Kier alpha value is -2.99. The maximum absolute atomic E-state index is 13.8. The average molecular weight is 380 g/mol. The lowest BCUT2D eigenvalue weighted by molar-refractivity contribution is -0.117. The summed E-state index contributed by atoms with van der Waals surface area (Å²) in [7, 11) is 1.79. The normalized spacial score (nSPS) is 11.1. The summed E-state index contributed by atoms with van der Waals surface area (Å²) in [5, 5.41) is 7.51. The Labute approximate surface area is 164 Å². The van der Waals surface area contributed by atoms with Crippen LogP contribution < -0.4 is 5.32 Å². The van der Waals surface area contributed by atoms with Crippen molar-refractivity contribution in [1.29, 1.82) is 0 Å². The molecule has 0 spiro atoms. The summed E-state index contributed by atoms with van der Waals surface area (Å²) < 4.78 is 15.6. The predicted octanol–water partition coefficient (Wildman–Crippen LogP) is 4.01. The molecule has 0 unspecified atom stereocenters. The molecule has 0 radical (unpaired) electrons. The molecule has 0 aliphatic heterocycles. The molecule has 1 heterocycles. The maximum Gasteiger partial charge on any atom is 0.238 e. The number of likely N-dealkylation sites (N-methyl/N-ethyl adjacent to an activating group) is 1. The molecule has 3 aromatic rings. The van der Waals surface area contributed by atoms with E-state index in [1.54, 1.807) is 30.1 Å². The summed E-state index contributed by atoms with van der Waals surface area (Å²) >= 11 is 0. The molecular weight excluding hydrogens is 355 g/mol. The van der Waals surface area contributed by atoms with Gasteiger partial charge in [-0.3, -0.25) is 9.69 Å². The number of carbonyl (C=O) groups is 1. The molecule has 0 fully saturated rings. The third-order valence-electron chi connectivity index (χ3n) is 4.65. The topological polar surface area (TPSA) is 50.2 Å². The number of rotatable bonds is 6. The summed E-state index contributed by atoms with van der Waals surface area (Å²) in [6, 6.07) is 14.7. The number of halogens is 1. The summed E-state index contributed by atoms with van der Waals surface area (Å²) in [6.45, 7) is 6.35. The Morgan fingerprint density at radius 2 is 1.79 bits per heavy atom. The van der Waals surface area contributed by atoms with Gasteiger partial charge in [0.15, 0.2) is 0 Å². The van der Waals surface area contributed by atoms with Gasteiger partial charge >= 0.3 is 0 Å². The summed E-state index contributed by atoms with van der Waals surface area (Å²) in [5.74, 6) is -0.422. The van der Waals surface area contributed by atoms with Crippen molar-refractivity contribution >= 4 is 11.6 Å². The first-order valence-electron chi connectivity index (χ1n) is 9.20. The third kappa shape index (κ3) is 4.46. The van der Waals surface area contributed by atoms with E-state index in [1.807, 2.05) is 49.7 Å². The van der Waals surface area contributed by atoms with E-state index >= 15 is 0 Å². The minimum Gasteiger partial charge on any atom is -0.322 e. The van der Waals surface area contributed by atoms with Crippen LogP contribution in [0.5, 0.6) is 0 Å². The van der Waals surface area contributed by atoms with Crippen molar-refractivity contribution in [2.45, 2.75) is 27.3 Å². The summed E-state index contributed by atoms with van der Waals surface area (Å²) in [5.41, 5.74) is 5.02. The van der Waals surface area contributed by atoms with Crippen molar-refractivity contribution in [3.63, 3.8) is 0 Å². The van der Waals surface area contributed by atoms with Gasteiger partial charge in [-0.05, 0) is 46.0 Å². The summed E-state index contributed by atoms with van der Waals surface area (Å²) in [4.78, 5) is 14.3. The molecule has 0 aliphatic rings. The van der Waals surface area contributed by atoms with Crippen LogP contribution in [0.1, 0.15) is 22.5 Å². The molecule has 1 aromatic heterocycles. The Morgan fingerprint density at radius 1 is 1.11 bits per heavy atom. The van der Waals surface area contributed by atoms with Crippen LogP contribution in [-0.4, -0.2) is 34.2 Å². The van der Waals surface area contributed by atoms with Crippen molar-refractivity contribution in [2.24, 2.45) is 0 Å². The fraction of sp³-hybridized carbons (Fsp3) is 0.273. The molecule has 0 saturated heterocycles. The van der Waals surface area contributed by atoms with Crippen LogP contribution in [-0.2, 0) is 11.3 Å².